The fraction of sp³-hybridized carbons (Fsp3) is 0.200. The Kier molecular flexibility index (Phi) is 4.68. The molecule has 3 aromatic rings. The molecule has 0 radical (unpaired) electrons. The molecule has 0 bridgehead atoms. The zero-order valence-electron chi connectivity index (χ0n) is 14.3. The first kappa shape index (κ1) is 17.3. The van der Waals surface area contributed by atoms with Gasteiger partial charge in [0.1, 0.15) is 5.82 Å². The van der Waals surface area contributed by atoms with E-state index in [0.717, 1.165) is 11.3 Å². The van der Waals surface area contributed by atoms with Crippen LogP contribution in [-0.2, 0) is 5.41 Å². The molecule has 2 aromatic carbocycles. The summed E-state index contributed by atoms with van der Waals surface area (Å²) in [6, 6.07) is 13.8. The number of hydrogen-bond donors (Lipinski definition) is 1. The van der Waals surface area contributed by atoms with Crippen molar-refractivity contribution in [3.63, 3.8) is 0 Å². The van der Waals surface area contributed by atoms with Crippen LogP contribution in [0.3, 0.4) is 0 Å². The summed E-state index contributed by atoms with van der Waals surface area (Å²) in [5.74, 6) is -0.810. The predicted molar refractivity (Wildman–Crippen MR) is 101 cm³/mol. The summed E-state index contributed by atoms with van der Waals surface area (Å²) in [7, 11) is 0. The second kappa shape index (κ2) is 6.76. The number of carbonyl (C=O) groups excluding carboxylic acids is 1. The molecule has 25 heavy (non-hydrogen) atoms. The predicted octanol–water partition coefficient (Wildman–Crippen LogP) is 5.50. The minimum Gasteiger partial charge on any atom is -0.298 e. The Balaban J connectivity index is 1.75. The summed E-state index contributed by atoms with van der Waals surface area (Å²) in [5.41, 5.74) is 3.43. The van der Waals surface area contributed by atoms with Crippen LogP contribution in [-0.4, -0.2) is 10.9 Å². The molecule has 0 aliphatic rings. The van der Waals surface area contributed by atoms with Crippen molar-refractivity contribution >= 4 is 22.4 Å². The van der Waals surface area contributed by atoms with Gasteiger partial charge in [-0.2, -0.15) is 0 Å². The minimum atomic E-state index is -0.439. The molecule has 0 atom stereocenters. The molecule has 0 unspecified atom stereocenters. The standard InChI is InChI=1S/C20H19FN2OS/c1-20(2,3)15-9-7-13(8-10-15)17-12-25-19(22-17)23-18(24)14-5-4-6-16(21)11-14/h4-12H,1-3H3,(H,22,23,24). The molecule has 1 aromatic heterocycles. The lowest BCUT2D eigenvalue weighted by Crippen LogP contribution is -2.11. The van der Waals surface area contributed by atoms with Crippen molar-refractivity contribution < 1.29 is 9.18 Å². The van der Waals surface area contributed by atoms with Gasteiger partial charge in [-0.05, 0) is 29.2 Å². The van der Waals surface area contributed by atoms with Gasteiger partial charge in [-0.3, -0.25) is 10.1 Å². The van der Waals surface area contributed by atoms with E-state index in [1.165, 1.54) is 35.1 Å². The van der Waals surface area contributed by atoms with Gasteiger partial charge in [-0.25, -0.2) is 9.37 Å². The third kappa shape index (κ3) is 4.12. The van der Waals surface area contributed by atoms with Crippen LogP contribution in [0.4, 0.5) is 9.52 Å². The molecular weight excluding hydrogens is 335 g/mol. The molecule has 1 N–H and O–H groups in total. The smallest absolute Gasteiger partial charge is 0.257 e. The number of carbonyl (C=O) groups is 1. The molecule has 0 aliphatic heterocycles. The highest BCUT2D eigenvalue weighted by molar-refractivity contribution is 7.14. The van der Waals surface area contributed by atoms with Gasteiger partial charge in [-0.1, -0.05) is 51.1 Å². The molecular formula is C20H19FN2OS. The molecule has 1 heterocycles. The monoisotopic (exact) mass is 354 g/mol. The first-order valence-electron chi connectivity index (χ1n) is 7.96. The summed E-state index contributed by atoms with van der Waals surface area (Å²) in [6.07, 6.45) is 0. The first-order valence-corrected chi connectivity index (χ1v) is 8.84. The Hall–Kier alpha value is -2.53. The molecule has 0 saturated heterocycles. The van der Waals surface area contributed by atoms with Gasteiger partial charge >= 0.3 is 0 Å². The number of rotatable bonds is 3. The van der Waals surface area contributed by atoms with Crippen molar-refractivity contribution in [2.24, 2.45) is 0 Å². The zero-order chi connectivity index (χ0) is 18.0. The van der Waals surface area contributed by atoms with Crippen LogP contribution >= 0.6 is 11.3 Å². The van der Waals surface area contributed by atoms with Crippen LogP contribution < -0.4 is 5.32 Å². The average Bonchev–Trinajstić information content (AvgIpc) is 3.02. The largest absolute Gasteiger partial charge is 0.298 e. The van der Waals surface area contributed by atoms with E-state index < -0.39 is 5.82 Å². The van der Waals surface area contributed by atoms with Crippen molar-refractivity contribution in [2.75, 3.05) is 5.32 Å². The maximum atomic E-state index is 13.2. The zero-order valence-corrected chi connectivity index (χ0v) is 15.2. The normalized spacial score (nSPS) is 11.4. The van der Waals surface area contributed by atoms with Crippen molar-refractivity contribution in [3.05, 3.63) is 70.9 Å². The second-order valence-electron chi connectivity index (χ2n) is 6.83. The van der Waals surface area contributed by atoms with Crippen LogP contribution in [0.15, 0.2) is 53.9 Å². The molecule has 5 heteroatoms. The molecule has 0 spiro atoms. The lowest BCUT2D eigenvalue weighted by Gasteiger charge is -2.18. The minimum absolute atomic E-state index is 0.102. The van der Waals surface area contributed by atoms with E-state index in [2.05, 4.69) is 43.2 Å². The van der Waals surface area contributed by atoms with Crippen LogP contribution in [0.1, 0.15) is 36.7 Å². The Morgan fingerprint density at radius 3 is 2.48 bits per heavy atom. The summed E-state index contributed by atoms with van der Waals surface area (Å²) in [5, 5.41) is 5.10. The number of nitrogens with one attached hydrogen (secondary N) is 1. The van der Waals surface area contributed by atoms with Gasteiger partial charge in [0.15, 0.2) is 5.13 Å². The van der Waals surface area contributed by atoms with Crippen molar-refractivity contribution in [3.8, 4) is 11.3 Å². The topological polar surface area (TPSA) is 42.0 Å². The second-order valence-corrected chi connectivity index (χ2v) is 7.69. The number of benzene rings is 2. The van der Waals surface area contributed by atoms with E-state index in [4.69, 9.17) is 0 Å². The van der Waals surface area contributed by atoms with Gasteiger partial charge in [0.05, 0.1) is 5.69 Å². The Morgan fingerprint density at radius 2 is 1.84 bits per heavy atom. The lowest BCUT2D eigenvalue weighted by atomic mass is 9.86. The SMILES string of the molecule is CC(C)(C)c1ccc(-c2csc(NC(=O)c3cccc(F)c3)n2)cc1. The van der Waals surface area contributed by atoms with Crippen molar-refractivity contribution in [1.82, 2.24) is 4.98 Å². The summed E-state index contributed by atoms with van der Waals surface area (Å²) in [4.78, 5) is 16.6. The fourth-order valence-electron chi connectivity index (χ4n) is 2.40. The molecule has 3 nitrogen and oxygen atoms in total. The van der Waals surface area contributed by atoms with Crippen molar-refractivity contribution in [2.45, 2.75) is 26.2 Å². The van der Waals surface area contributed by atoms with E-state index in [-0.39, 0.29) is 16.9 Å². The number of thiazole rings is 1. The highest BCUT2D eigenvalue weighted by Gasteiger charge is 2.14. The van der Waals surface area contributed by atoms with E-state index in [1.54, 1.807) is 6.07 Å². The Labute approximate surface area is 150 Å². The molecule has 1 amide bonds. The number of nitrogens with zero attached hydrogens (tertiary/aromatic N) is 1. The molecule has 0 fully saturated rings. The van der Waals surface area contributed by atoms with Crippen LogP contribution in [0.2, 0.25) is 0 Å². The lowest BCUT2D eigenvalue weighted by molar-refractivity contribution is 0.102. The third-order valence-corrected chi connectivity index (χ3v) is 4.62. The summed E-state index contributed by atoms with van der Waals surface area (Å²) in [6.45, 7) is 6.51. The van der Waals surface area contributed by atoms with Gasteiger partial charge in [0.2, 0.25) is 0 Å². The van der Waals surface area contributed by atoms with E-state index in [9.17, 15) is 9.18 Å². The van der Waals surface area contributed by atoms with Gasteiger partial charge in [0.25, 0.3) is 5.91 Å². The number of halogens is 1. The number of aromatic nitrogens is 1. The molecule has 128 valence electrons. The van der Waals surface area contributed by atoms with Crippen molar-refractivity contribution in [1.29, 1.82) is 0 Å². The van der Waals surface area contributed by atoms with Crippen LogP contribution in [0.25, 0.3) is 11.3 Å². The Morgan fingerprint density at radius 1 is 1.12 bits per heavy atom. The fourth-order valence-corrected chi connectivity index (χ4v) is 3.12. The van der Waals surface area contributed by atoms with Gasteiger partial charge < -0.3 is 0 Å². The highest BCUT2D eigenvalue weighted by Crippen LogP contribution is 2.28. The highest BCUT2D eigenvalue weighted by atomic mass is 32.1. The maximum absolute atomic E-state index is 13.2. The summed E-state index contributed by atoms with van der Waals surface area (Å²) < 4.78 is 13.2. The number of amides is 1. The quantitative estimate of drug-likeness (QED) is 0.675. The summed E-state index contributed by atoms with van der Waals surface area (Å²) >= 11 is 1.34. The van der Waals surface area contributed by atoms with E-state index in [0.29, 0.717) is 5.13 Å². The molecule has 3 rings (SSSR count). The Bertz CT molecular complexity index is 895. The average molecular weight is 354 g/mol. The van der Waals surface area contributed by atoms with E-state index in [1.807, 2.05) is 17.5 Å². The molecule has 0 aliphatic carbocycles. The third-order valence-electron chi connectivity index (χ3n) is 3.86. The van der Waals surface area contributed by atoms with Crippen LogP contribution in [0.5, 0.6) is 0 Å². The number of anilines is 1. The molecule has 0 saturated carbocycles. The maximum Gasteiger partial charge on any atom is 0.257 e. The van der Waals surface area contributed by atoms with Crippen LogP contribution in [0, 0.1) is 5.82 Å². The van der Waals surface area contributed by atoms with Gasteiger partial charge in [0, 0.05) is 16.5 Å². The van der Waals surface area contributed by atoms with E-state index >= 15 is 0 Å². The number of hydrogen-bond acceptors (Lipinski definition) is 3. The first-order chi connectivity index (χ1) is 11.8. The van der Waals surface area contributed by atoms with Gasteiger partial charge in [-0.15, -0.1) is 11.3 Å².